The fourth-order valence-corrected chi connectivity index (χ4v) is 11.4. The summed E-state index contributed by atoms with van der Waals surface area (Å²) in [6.07, 6.45) is 0. The molecule has 3 heteroatoms. The highest BCUT2D eigenvalue weighted by atomic mass is 32.1. The summed E-state index contributed by atoms with van der Waals surface area (Å²) < 4.78 is 5.04. The molecule has 0 unspecified atom stereocenters. The third-order valence-corrected chi connectivity index (χ3v) is 14.8. The molecular weight excluding hydrogens is 853 g/mol. The lowest BCUT2D eigenvalue weighted by Crippen LogP contribution is -2.10. The van der Waals surface area contributed by atoms with E-state index in [-0.39, 0.29) is 0 Å². The van der Waals surface area contributed by atoms with Crippen LogP contribution >= 0.6 is 11.3 Å². The van der Waals surface area contributed by atoms with Gasteiger partial charge in [-0.1, -0.05) is 194 Å². The zero-order chi connectivity index (χ0) is 45.7. The van der Waals surface area contributed by atoms with Gasteiger partial charge in [-0.2, -0.15) is 0 Å². The fourth-order valence-electron chi connectivity index (χ4n) is 10.3. The Bertz CT molecular complexity index is 3930. The highest BCUT2D eigenvalue weighted by Gasteiger charge is 2.21. The van der Waals surface area contributed by atoms with Crippen molar-refractivity contribution >= 4 is 70.4 Å². The van der Waals surface area contributed by atoms with Gasteiger partial charge in [0, 0.05) is 53.6 Å². The van der Waals surface area contributed by atoms with E-state index in [0.29, 0.717) is 0 Å². The number of nitrogens with zero attached hydrogens (tertiary/aromatic N) is 2. The Labute approximate surface area is 405 Å². The van der Waals surface area contributed by atoms with E-state index in [4.69, 9.17) is 0 Å². The molecule has 0 aliphatic rings. The van der Waals surface area contributed by atoms with E-state index in [9.17, 15) is 0 Å². The van der Waals surface area contributed by atoms with Crippen LogP contribution in [0.25, 0.3) is 103 Å². The highest BCUT2D eigenvalue weighted by Crippen LogP contribution is 2.46. The molecule has 0 N–H and O–H groups in total. The summed E-state index contributed by atoms with van der Waals surface area (Å²) >= 11 is 1.86. The first-order chi connectivity index (χ1) is 34.2. The molecule has 0 amide bonds. The van der Waals surface area contributed by atoms with Gasteiger partial charge in [0.15, 0.2) is 0 Å². The standard InChI is InChI=1S/C66H44N2S/c1-3-15-45(16-4-1)47-27-29-48(30-28-47)50-33-38-53(39-34-50)67(52-36-31-49(32-37-52)46-17-5-2-6-18-46)54-40-41-55(60(44-54)51-35-42-66-61(43-51)59-22-10-14-26-65(59)69-66)56-19-7-11-23-62(56)68-63-24-12-8-20-57(63)58-21-9-13-25-64(58)68/h1-44H. The molecule has 11 aromatic carbocycles. The number of benzene rings is 11. The minimum Gasteiger partial charge on any atom is -0.310 e. The number of rotatable bonds is 9. The first kappa shape index (κ1) is 40.5. The second kappa shape index (κ2) is 17.2. The average Bonchev–Trinajstić information content (AvgIpc) is 3.97. The summed E-state index contributed by atoms with van der Waals surface area (Å²) in [5, 5.41) is 5.06. The smallest absolute Gasteiger partial charge is 0.0541 e. The summed E-state index contributed by atoms with van der Waals surface area (Å²) in [5.41, 5.74) is 18.6. The van der Waals surface area contributed by atoms with E-state index in [2.05, 4.69) is 276 Å². The van der Waals surface area contributed by atoms with Crippen LogP contribution in [0.5, 0.6) is 0 Å². The lowest BCUT2D eigenvalue weighted by atomic mass is 9.91. The summed E-state index contributed by atoms with van der Waals surface area (Å²) in [6.45, 7) is 0. The van der Waals surface area contributed by atoms with E-state index in [1.165, 1.54) is 97.6 Å². The SMILES string of the molecule is c1ccc(-c2ccc(-c3ccc(N(c4ccc(-c5ccccc5)cc4)c4ccc(-c5ccccc5-n5c6ccccc6c6ccccc65)c(-c5ccc6sc7ccccc7c6c5)c4)cc3)cc2)cc1. The summed E-state index contributed by atoms with van der Waals surface area (Å²) in [6, 6.07) is 97.5. The van der Waals surface area contributed by atoms with Crippen LogP contribution in [0.1, 0.15) is 0 Å². The molecule has 13 aromatic rings. The molecule has 13 rings (SSSR count). The van der Waals surface area contributed by atoms with Gasteiger partial charge in [-0.15, -0.1) is 11.3 Å². The molecule has 0 aliphatic heterocycles. The van der Waals surface area contributed by atoms with E-state index < -0.39 is 0 Å². The third kappa shape index (κ3) is 7.28. The summed E-state index contributed by atoms with van der Waals surface area (Å²) in [5.74, 6) is 0. The van der Waals surface area contributed by atoms with Crippen LogP contribution in [0, 0.1) is 0 Å². The topological polar surface area (TPSA) is 8.17 Å². The number of thiophene rings is 1. The van der Waals surface area contributed by atoms with Crippen molar-refractivity contribution < 1.29 is 0 Å². The van der Waals surface area contributed by atoms with Crippen LogP contribution < -0.4 is 4.90 Å². The van der Waals surface area contributed by atoms with Crippen molar-refractivity contribution in [2.45, 2.75) is 0 Å². The molecule has 2 heterocycles. The zero-order valence-electron chi connectivity index (χ0n) is 37.7. The van der Waals surface area contributed by atoms with Crippen LogP contribution in [0.4, 0.5) is 17.1 Å². The van der Waals surface area contributed by atoms with Crippen LogP contribution in [0.2, 0.25) is 0 Å². The van der Waals surface area contributed by atoms with Gasteiger partial charge in [0.25, 0.3) is 0 Å². The maximum Gasteiger partial charge on any atom is 0.0541 e. The largest absolute Gasteiger partial charge is 0.310 e. The van der Waals surface area contributed by atoms with E-state index >= 15 is 0 Å². The Kier molecular flexibility index (Phi) is 10.1. The maximum atomic E-state index is 2.45. The number of anilines is 3. The highest BCUT2D eigenvalue weighted by molar-refractivity contribution is 7.25. The first-order valence-corrected chi connectivity index (χ1v) is 24.4. The number of para-hydroxylation sites is 3. The molecule has 0 bridgehead atoms. The number of hydrogen-bond donors (Lipinski definition) is 0. The van der Waals surface area contributed by atoms with Gasteiger partial charge in [-0.25, -0.2) is 0 Å². The van der Waals surface area contributed by atoms with Crippen molar-refractivity contribution in [2.75, 3.05) is 4.90 Å². The Morgan fingerprint density at radius 2 is 0.696 bits per heavy atom. The third-order valence-electron chi connectivity index (χ3n) is 13.6. The zero-order valence-corrected chi connectivity index (χ0v) is 38.5. The van der Waals surface area contributed by atoms with Crippen molar-refractivity contribution in [2.24, 2.45) is 0 Å². The Hall–Kier alpha value is -8.76. The second-order valence-electron chi connectivity index (χ2n) is 17.7. The van der Waals surface area contributed by atoms with Crippen molar-refractivity contribution in [1.82, 2.24) is 4.57 Å². The molecule has 2 aromatic heterocycles. The maximum absolute atomic E-state index is 2.45. The second-order valence-corrected chi connectivity index (χ2v) is 18.7. The van der Waals surface area contributed by atoms with Crippen molar-refractivity contribution in [3.8, 4) is 61.3 Å². The normalized spacial score (nSPS) is 11.5. The molecule has 0 saturated heterocycles. The van der Waals surface area contributed by atoms with Crippen molar-refractivity contribution in [3.05, 3.63) is 267 Å². The van der Waals surface area contributed by atoms with Gasteiger partial charge in [0.2, 0.25) is 0 Å². The predicted octanol–water partition coefficient (Wildman–Crippen LogP) is 19.0. The van der Waals surface area contributed by atoms with Gasteiger partial charge in [-0.05, 0) is 123 Å². The van der Waals surface area contributed by atoms with Gasteiger partial charge in [0.05, 0.1) is 16.7 Å². The Balaban J connectivity index is 0.996. The molecule has 2 nitrogen and oxygen atoms in total. The predicted molar refractivity (Wildman–Crippen MR) is 296 cm³/mol. The molecule has 0 aliphatic carbocycles. The van der Waals surface area contributed by atoms with E-state index in [0.717, 1.165) is 22.7 Å². The number of fused-ring (bicyclic) bond motifs is 6. The van der Waals surface area contributed by atoms with Gasteiger partial charge < -0.3 is 9.47 Å². The first-order valence-electron chi connectivity index (χ1n) is 23.6. The fraction of sp³-hybridized carbons (Fsp3) is 0. The number of aromatic nitrogens is 1. The quantitative estimate of drug-likeness (QED) is 0.140. The van der Waals surface area contributed by atoms with Crippen LogP contribution in [-0.2, 0) is 0 Å². The molecule has 324 valence electrons. The van der Waals surface area contributed by atoms with Crippen LogP contribution in [-0.4, -0.2) is 4.57 Å². The molecule has 0 spiro atoms. The molecule has 0 fully saturated rings. The summed E-state index contributed by atoms with van der Waals surface area (Å²) in [7, 11) is 0. The minimum atomic E-state index is 1.07. The van der Waals surface area contributed by atoms with Gasteiger partial charge in [-0.3, -0.25) is 0 Å². The molecule has 0 atom stereocenters. The number of hydrogen-bond acceptors (Lipinski definition) is 2. The lowest BCUT2D eigenvalue weighted by molar-refractivity contribution is 1.18. The minimum absolute atomic E-state index is 1.07. The van der Waals surface area contributed by atoms with E-state index in [1.54, 1.807) is 0 Å². The van der Waals surface area contributed by atoms with Gasteiger partial charge in [0.1, 0.15) is 0 Å². The van der Waals surface area contributed by atoms with E-state index in [1.807, 2.05) is 11.3 Å². The monoisotopic (exact) mass is 896 g/mol. The molecule has 0 radical (unpaired) electrons. The lowest BCUT2D eigenvalue weighted by Gasteiger charge is -2.27. The molecule has 69 heavy (non-hydrogen) atoms. The summed E-state index contributed by atoms with van der Waals surface area (Å²) in [4.78, 5) is 2.40. The molecular formula is C66H44N2S. The van der Waals surface area contributed by atoms with Crippen LogP contribution in [0.15, 0.2) is 267 Å². The van der Waals surface area contributed by atoms with Crippen molar-refractivity contribution in [3.63, 3.8) is 0 Å². The van der Waals surface area contributed by atoms with Crippen molar-refractivity contribution in [1.29, 1.82) is 0 Å². The molecule has 0 saturated carbocycles. The average molecular weight is 897 g/mol. The van der Waals surface area contributed by atoms with Crippen LogP contribution in [0.3, 0.4) is 0 Å². The Morgan fingerprint density at radius 1 is 0.261 bits per heavy atom. The van der Waals surface area contributed by atoms with Gasteiger partial charge >= 0.3 is 0 Å². The Morgan fingerprint density at radius 3 is 1.29 bits per heavy atom.